The van der Waals surface area contributed by atoms with Crippen LogP contribution < -0.4 is 0 Å². The Kier molecular flexibility index (Phi) is 5.53. The lowest BCUT2D eigenvalue weighted by molar-refractivity contribution is 0.273. The molecule has 1 aromatic carbocycles. The van der Waals surface area contributed by atoms with Crippen LogP contribution >= 0.6 is 15.9 Å². The molecule has 1 aromatic rings. The van der Waals surface area contributed by atoms with Gasteiger partial charge in [0.25, 0.3) is 0 Å². The van der Waals surface area contributed by atoms with Gasteiger partial charge < -0.3 is 4.90 Å². The van der Waals surface area contributed by atoms with Crippen molar-refractivity contribution in [2.24, 2.45) is 0 Å². The molecule has 1 aliphatic rings. The van der Waals surface area contributed by atoms with Gasteiger partial charge in [0.1, 0.15) is 0 Å². The molecule has 0 aromatic heterocycles. The first-order chi connectivity index (χ1) is 8.40. The first-order valence-corrected chi connectivity index (χ1v) is 7.85. The number of rotatable bonds is 4. The predicted octanol–water partition coefficient (Wildman–Crippen LogP) is 4.04. The molecule has 0 spiro atoms. The maximum absolute atomic E-state index is 3.67. The van der Waals surface area contributed by atoms with Crippen molar-refractivity contribution < 1.29 is 0 Å². The molecule has 2 heteroatoms. The number of hydrogen-bond donors (Lipinski definition) is 0. The molecule has 0 saturated carbocycles. The normalized spacial score (nSPS) is 19.8. The molecule has 0 N–H and O–H groups in total. The van der Waals surface area contributed by atoms with Gasteiger partial charge in [0.2, 0.25) is 0 Å². The largest absolute Gasteiger partial charge is 0.303 e. The third kappa shape index (κ3) is 4.11. The standard InChI is InChI=1S/C15H22BrN/c16-12-15(14-8-4-3-5-9-14)13-17-10-6-1-2-7-11-17/h3-5,8-9,15H,1-2,6-7,10-13H2. The molecule has 0 aliphatic carbocycles. The Morgan fingerprint density at radius 2 is 1.65 bits per heavy atom. The SMILES string of the molecule is BrCC(CN1CCCCCC1)c1ccccc1. The minimum absolute atomic E-state index is 0.634. The fourth-order valence-electron chi connectivity index (χ4n) is 2.60. The van der Waals surface area contributed by atoms with Crippen molar-refractivity contribution in [2.45, 2.75) is 31.6 Å². The third-order valence-electron chi connectivity index (χ3n) is 3.63. The van der Waals surface area contributed by atoms with Gasteiger partial charge in [-0.15, -0.1) is 0 Å². The summed E-state index contributed by atoms with van der Waals surface area (Å²) in [6, 6.07) is 10.9. The van der Waals surface area contributed by atoms with E-state index in [9.17, 15) is 0 Å². The zero-order valence-corrected chi connectivity index (χ0v) is 12.0. The Labute approximate surface area is 113 Å². The summed E-state index contributed by atoms with van der Waals surface area (Å²) < 4.78 is 0. The van der Waals surface area contributed by atoms with Gasteiger partial charge in [-0.05, 0) is 31.5 Å². The van der Waals surface area contributed by atoms with Crippen LogP contribution in [0.1, 0.15) is 37.2 Å². The molecule has 0 amide bonds. The van der Waals surface area contributed by atoms with Crippen LogP contribution in [0.4, 0.5) is 0 Å². The molecule has 17 heavy (non-hydrogen) atoms. The summed E-state index contributed by atoms with van der Waals surface area (Å²) in [5.74, 6) is 0.634. The van der Waals surface area contributed by atoms with Crippen molar-refractivity contribution in [3.05, 3.63) is 35.9 Å². The lowest BCUT2D eigenvalue weighted by Gasteiger charge is -2.25. The van der Waals surface area contributed by atoms with Crippen molar-refractivity contribution in [1.82, 2.24) is 4.90 Å². The van der Waals surface area contributed by atoms with Gasteiger partial charge in [-0.25, -0.2) is 0 Å². The molecule has 94 valence electrons. The van der Waals surface area contributed by atoms with Gasteiger partial charge in [-0.1, -0.05) is 59.1 Å². The fraction of sp³-hybridized carbons (Fsp3) is 0.600. The highest BCUT2D eigenvalue weighted by molar-refractivity contribution is 9.09. The molecule has 1 heterocycles. The van der Waals surface area contributed by atoms with Gasteiger partial charge >= 0.3 is 0 Å². The second-order valence-electron chi connectivity index (χ2n) is 4.98. The predicted molar refractivity (Wildman–Crippen MR) is 77.9 cm³/mol. The van der Waals surface area contributed by atoms with Crippen LogP contribution in [-0.2, 0) is 0 Å². The minimum Gasteiger partial charge on any atom is -0.303 e. The van der Waals surface area contributed by atoms with Crippen molar-refractivity contribution in [3.8, 4) is 0 Å². The summed E-state index contributed by atoms with van der Waals surface area (Å²) in [7, 11) is 0. The van der Waals surface area contributed by atoms with Crippen LogP contribution in [0.3, 0.4) is 0 Å². The number of halogens is 1. The van der Waals surface area contributed by atoms with Gasteiger partial charge in [0.05, 0.1) is 0 Å². The van der Waals surface area contributed by atoms with Crippen molar-refractivity contribution in [1.29, 1.82) is 0 Å². The molecule has 1 aliphatic heterocycles. The van der Waals surface area contributed by atoms with E-state index in [1.807, 2.05) is 0 Å². The van der Waals surface area contributed by atoms with Gasteiger partial charge in [-0.2, -0.15) is 0 Å². The Morgan fingerprint density at radius 1 is 1.00 bits per heavy atom. The highest BCUT2D eigenvalue weighted by atomic mass is 79.9. The van der Waals surface area contributed by atoms with Crippen LogP contribution in [0, 0.1) is 0 Å². The molecule has 1 unspecified atom stereocenters. The van der Waals surface area contributed by atoms with E-state index in [-0.39, 0.29) is 0 Å². The summed E-state index contributed by atoms with van der Waals surface area (Å²) in [5.41, 5.74) is 1.47. The maximum Gasteiger partial charge on any atom is 0.0112 e. The van der Waals surface area contributed by atoms with Gasteiger partial charge in [0.15, 0.2) is 0 Å². The van der Waals surface area contributed by atoms with Gasteiger partial charge in [-0.3, -0.25) is 0 Å². The van der Waals surface area contributed by atoms with Crippen LogP contribution in [-0.4, -0.2) is 29.9 Å². The Bertz CT molecular complexity index is 304. The van der Waals surface area contributed by atoms with Crippen LogP contribution in [0.15, 0.2) is 30.3 Å². The average molecular weight is 296 g/mol. The topological polar surface area (TPSA) is 3.24 Å². The fourth-order valence-corrected chi connectivity index (χ4v) is 3.18. The van der Waals surface area contributed by atoms with E-state index in [1.165, 1.54) is 50.9 Å². The van der Waals surface area contributed by atoms with Crippen LogP contribution in [0.5, 0.6) is 0 Å². The van der Waals surface area contributed by atoms with E-state index in [2.05, 4.69) is 51.2 Å². The molecular formula is C15H22BrN. The van der Waals surface area contributed by atoms with E-state index in [0.717, 1.165) is 5.33 Å². The smallest absolute Gasteiger partial charge is 0.0112 e. The maximum atomic E-state index is 3.67. The van der Waals surface area contributed by atoms with E-state index in [0.29, 0.717) is 5.92 Å². The summed E-state index contributed by atoms with van der Waals surface area (Å²) in [6.45, 7) is 3.78. The molecular weight excluding hydrogens is 274 g/mol. The van der Waals surface area contributed by atoms with Crippen LogP contribution in [0.2, 0.25) is 0 Å². The first kappa shape index (κ1) is 13.1. The molecule has 1 fully saturated rings. The summed E-state index contributed by atoms with van der Waals surface area (Å²) >= 11 is 3.67. The average Bonchev–Trinajstić information content (AvgIpc) is 2.65. The number of hydrogen-bond acceptors (Lipinski definition) is 1. The molecule has 1 nitrogen and oxygen atoms in total. The Balaban J connectivity index is 1.94. The van der Waals surface area contributed by atoms with E-state index >= 15 is 0 Å². The second-order valence-corrected chi connectivity index (χ2v) is 5.62. The second kappa shape index (κ2) is 7.17. The Morgan fingerprint density at radius 3 is 2.24 bits per heavy atom. The van der Waals surface area contributed by atoms with Crippen molar-refractivity contribution in [3.63, 3.8) is 0 Å². The Hall–Kier alpha value is -0.340. The number of benzene rings is 1. The minimum atomic E-state index is 0.634. The molecule has 1 atom stereocenters. The summed E-state index contributed by atoms with van der Waals surface area (Å²) in [5, 5.41) is 1.06. The number of alkyl halides is 1. The molecule has 1 saturated heterocycles. The molecule has 0 radical (unpaired) electrons. The third-order valence-corrected chi connectivity index (χ3v) is 4.42. The lowest BCUT2D eigenvalue weighted by atomic mass is 10.0. The quantitative estimate of drug-likeness (QED) is 0.758. The zero-order chi connectivity index (χ0) is 11.9. The van der Waals surface area contributed by atoms with Gasteiger partial charge in [0, 0.05) is 17.8 Å². The number of likely N-dealkylation sites (tertiary alicyclic amines) is 1. The summed E-state index contributed by atoms with van der Waals surface area (Å²) in [4.78, 5) is 2.64. The highest BCUT2D eigenvalue weighted by Gasteiger charge is 2.16. The number of nitrogens with zero attached hydrogens (tertiary/aromatic N) is 1. The first-order valence-electron chi connectivity index (χ1n) is 6.73. The van der Waals surface area contributed by atoms with Crippen molar-refractivity contribution in [2.75, 3.05) is 25.0 Å². The molecule has 0 bridgehead atoms. The van der Waals surface area contributed by atoms with E-state index in [4.69, 9.17) is 0 Å². The van der Waals surface area contributed by atoms with Crippen molar-refractivity contribution >= 4 is 15.9 Å². The monoisotopic (exact) mass is 295 g/mol. The molecule has 2 rings (SSSR count). The van der Waals surface area contributed by atoms with Crippen LogP contribution in [0.25, 0.3) is 0 Å². The highest BCUT2D eigenvalue weighted by Crippen LogP contribution is 2.21. The lowest BCUT2D eigenvalue weighted by Crippen LogP contribution is -2.30. The summed E-state index contributed by atoms with van der Waals surface area (Å²) in [6.07, 6.45) is 5.59. The van der Waals surface area contributed by atoms with E-state index in [1.54, 1.807) is 0 Å². The van der Waals surface area contributed by atoms with E-state index < -0.39 is 0 Å². The zero-order valence-electron chi connectivity index (χ0n) is 10.4.